The number of nitrogens with one attached hydrogen (secondary N) is 2. The van der Waals surface area contributed by atoms with Crippen molar-refractivity contribution in [2.24, 2.45) is 0 Å². The Balaban J connectivity index is 1.92. The third-order valence-corrected chi connectivity index (χ3v) is 3.95. The van der Waals surface area contributed by atoms with Gasteiger partial charge in [-0.15, -0.1) is 0 Å². The number of hydrogen-bond acceptors (Lipinski definition) is 5. The van der Waals surface area contributed by atoms with Crippen LogP contribution in [0.5, 0.6) is 0 Å². The van der Waals surface area contributed by atoms with Crippen molar-refractivity contribution in [2.45, 2.75) is 32.7 Å². The van der Waals surface area contributed by atoms with Gasteiger partial charge < -0.3 is 10.3 Å². The summed E-state index contributed by atoms with van der Waals surface area (Å²) in [5.74, 6) is 7.37. The monoisotopic (exact) mass is 311 g/mol. The lowest BCUT2D eigenvalue weighted by Gasteiger charge is -2.04. The Morgan fingerprint density at radius 1 is 1.50 bits per heavy atom. The maximum Gasteiger partial charge on any atom is 0.209 e. The molecule has 1 aliphatic carbocycles. The molecule has 1 aliphatic rings. The van der Waals surface area contributed by atoms with Crippen molar-refractivity contribution in [1.29, 1.82) is 0 Å². The van der Waals surface area contributed by atoms with E-state index in [2.05, 4.69) is 43.7 Å². The first-order valence-electron chi connectivity index (χ1n) is 7.15. The lowest BCUT2D eigenvalue weighted by atomic mass is 10.4. The van der Waals surface area contributed by atoms with E-state index in [9.17, 15) is 0 Å². The van der Waals surface area contributed by atoms with Crippen LogP contribution in [0.4, 0.5) is 5.82 Å². The number of allylic oxidation sites excluding steroid dienone is 3. The first kappa shape index (κ1) is 14.7. The summed E-state index contributed by atoms with van der Waals surface area (Å²) < 4.78 is 0. The van der Waals surface area contributed by atoms with Gasteiger partial charge in [0.05, 0.1) is 11.2 Å². The van der Waals surface area contributed by atoms with Crippen LogP contribution in [0, 0.1) is 11.8 Å². The fourth-order valence-electron chi connectivity index (χ4n) is 1.88. The highest BCUT2D eigenvalue weighted by molar-refractivity contribution is 8.06. The molecule has 0 saturated heterocycles. The highest BCUT2D eigenvalue weighted by atomic mass is 32.2. The first-order valence-corrected chi connectivity index (χ1v) is 7.96. The number of imidazole rings is 1. The van der Waals surface area contributed by atoms with Crippen LogP contribution in [0.3, 0.4) is 0 Å². The van der Waals surface area contributed by atoms with Gasteiger partial charge in [-0.25, -0.2) is 9.97 Å². The van der Waals surface area contributed by atoms with E-state index in [4.69, 9.17) is 0 Å². The average Bonchev–Trinajstić information content (AvgIpc) is 3.17. The molecule has 2 aromatic rings. The minimum atomic E-state index is 0.476. The molecule has 5 nitrogen and oxygen atoms in total. The van der Waals surface area contributed by atoms with Crippen LogP contribution in [0.25, 0.3) is 11.2 Å². The van der Waals surface area contributed by atoms with E-state index in [1.165, 1.54) is 12.8 Å². The number of thioether (sulfide) groups is 1. The van der Waals surface area contributed by atoms with E-state index >= 15 is 0 Å². The normalized spacial score (nSPS) is 14.5. The summed E-state index contributed by atoms with van der Waals surface area (Å²) in [5, 5.41) is 3.40. The zero-order chi connectivity index (χ0) is 15.5. The second-order valence-corrected chi connectivity index (χ2v) is 6.46. The van der Waals surface area contributed by atoms with Gasteiger partial charge in [-0.05, 0) is 37.5 Å². The summed E-state index contributed by atoms with van der Waals surface area (Å²) in [7, 11) is 0. The average molecular weight is 311 g/mol. The minimum absolute atomic E-state index is 0.476. The molecule has 0 aromatic carbocycles. The molecule has 0 unspecified atom stereocenters. The maximum atomic E-state index is 4.51. The van der Waals surface area contributed by atoms with Gasteiger partial charge in [-0.1, -0.05) is 30.3 Å². The number of fused-ring (bicyclic) bond motifs is 1. The van der Waals surface area contributed by atoms with Crippen LogP contribution in [0.2, 0.25) is 0 Å². The lowest BCUT2D eigenvalue weighted by Crippen LogP contribution is -2.06. The van der Waals surface area contributed by atoms with Crippen LogP contribution >= 0.6 is 11.8 Å². The highest BCUT2D eigenvalue weighted by Gasteiger charge is 2.23. The van der Waals surface area contributed by atoms with E-state index in [1.54, 1.807) is 18.1 Å². The Kier molecular flexibility index (Phi) is 4.16. The van der Waals surface area contributed by atoms with Crippen molar-refractivity contribution < 1.29 is 0 Å². The van der Waals surface area contributed by atoms with E-state index in [0.717, 1.165) is 21.1 Å². The summed E-state index contributed by atoms with van der Waals surface area (Å²) in [6.07, 6.45) is 5.95. The molecule has 0 spiro atoms. The zero-order valence-electron chi connectivity index (χ0n) is 12.6. The number of aromatic nitrogens is 4. The summed E-state index contributed by atoms with van der Waals surface area (Å²) in [6.45, 7) is 7.80. The summed E-state index contributed by atoms with van der Waals surface area (Å²) >= 11 is 1.55. The van der Waals surface area contributed by atoms with Gasteiger partial charge in [0.15, 0.2) is 11.5 Å². The van der Waals surface area contributed by atoms with Crippen LogP contribution in [0.1, 0.15) is 32.5 Å². The molecular weight excluding hydrogens is 294 g/mol. The lowest BCUT2D eigenvalue weighted by molar-refractivity contribution is 1.08. The number of hydrogen-bond donors (Lipinski definition) is 2. The Morgan fingerprint density at radius 3 is 3.00 bits per heavy atom. The molecule has 0 amide bonds. The molecule has 6 heteroatoms. The van der Waals surface area contributed by atoms with Gasteiger partial charge in [-0.3, -0.25) is 0 Å². The standard InChI is InChI=1S/C16H17N5S/c1-4-12(22-10(2)3)7-8-13-20-15-14(17-9-18-15)16(21-13)19-11-5-6-11/h4,9,11H,2,5-6H2,1,3H3,(H2,17,18,19,20,21)/b12-4-. The Hall–Kier alpha value is -2.26. The second-order valence-electron chi connectivity index (χ2n) is 5.12. The number of anilines is 1. The van der Waals surface area contributed by atoms with Crippen molar-refractivity contribution in [3.8, 4) is 11.8 Å². The van der Waals surface area contributed by atoms with Crippen LogP contribution < -0.4 is 5.32 Å². The third-order valence-electron chi connectivity index (χ3n) is 3.05. The molecule has 2 aromatic heterocycles. The maximum absolute atomic E-state index is 4.51. The molecule has 1 fully saturated rings. The SMILES string of the molecule is C=C(C)S/C(C#Cc1nc(NC2CC2)c2[nH]cnc2n1)=C\C. The molecule has 2 N–H and O–H groups in total. The van der Waals surface area contributed by atoms with Gasteiger partial charge >= 0.3 is 0 Å². The summed E-state index contributed by atoms with van der Waals surface area (Å²) in [6, 6.07) is 0.507. The zero-order valence-corrected chi connectivity index (χ0v) is 13.4. The van der Waals surface area contributed by atoms with Crippen molar-refractivity contribution in [3.63, 3.8) is 0 Å². The predicted octanol–water partition coefficient (Wildman–Crippen LogP) is 3.45. The Bertz CT molecular complexity index is 805. The van der Waals surface area contributed by atoms with Gasteiger partial charge in [0.25, 0.3) is 0 Å². The highest BCUT2D eigenvalue weighted by Crippen LogP contribution is 2.26. The van der Waals surface area contributed by atoms with Crippen molar-refractivity contribution >= 4 is 28.7 Å². The van der Waals surface area contributed by atoms with E-state index in [0.29, 0.717) is 17.5 Å². The van der Waals surface area contributed by atoms with Gasteiger partial charge in [0.1, 0.15) is 5.52 Å². The minimum Gasteiger partial charge on any atom is -0.365 e. The quantitative estimate of drug-likeness (QED) is 0.847. The van der Waals surface area contributed by atoms with Crippen LogP contribution in [0.15, 0.2) is 28.8 Å². The fourth-order valence-corrected chi connectivity index (χ4v) is 2.47. The smallest absolute Gasteiger partial charge is 0.209 e. The van der Waals surface area contributed by atoms with Crippen molar-refractivity contribution in [2.75, 3.05) is 5.32 Å². The number of aromatic amines is 1. The van der Waals surface area contributed by atoms with Crippen molar-refractivity contribution in [1.82, 2.24) is 19.9 Å². The molecule has 0 atom stereocenters. The topological polar surface area (TPSA) is 66.5 Å². The van der Waals surface area contributed by atoms with Gasteiger partial charge in [-0.2, -0.15) is 4.98 Å². The van der Waals surface area contributed by atoms with Gasteiger partial charge in [0.2, 0.25) is 5.82 Å². The molecule has 2 heterocycles. The second kappa shape index (κ2) is 6.24. The number of nitrogens with zero attached hydrogens (tertiary/aromatic N) is 3. The molecule has 1 saturated carbocycles. The fraction of sp³-hybridized carbons (Fsp3) is 0.312. The molecular formula is C16H17N5S. The molecule has 0 radical (unpaired) electrons. The van der Waals surface area contributed by atoms with Crippen LogP contribution in [-0.2, 0) is 0 Å². The largest absolute Gasteiger partial charge is 0.365 e. The molecule has 112 valence electrons. The molecule has 0 bridgehead atoms. The van der Waals surface area contributed by atoms with Crippen LogP contribution in [-0.4, -0.2) is 26.0 Å². The number of rotatable bonds is 4. The summed E-state index contributed by atoms with van der Waals surface area (Å²) in [5.41, 5.74) is 1.47. The number of H-pyrrole nitrogens is 1. The molecule has 0 aliphatic heterocycles. The van der Waals surface area contributed by atoms with E-state index in [1.807, 2.05) is 19.9 Å². The Morgan fingerprint density at radius 2 is 2.32 bits per heavy atom. The van der Waals surface area contributed by atoms with E-state index in [-0.39, 0.29) is 0 Å². The first-order chi connectivity index (χ1) is 10.7. The predicted molar refractivity (Wildman–Crippen MR) is 91.4 cm³/mol. The van der Waals surface area contributed by atoms with E-state index < -0.39 is 0 Å². The molecule has 22 heavy (non-hydrogen) atoms. The Labute approximate surface area is 133 Å². The third kappa shape index (κ3) is 3.49. The summed E-state index contributed by atoms with van der Waals surface area (Å²) in [4.78, 5) is 18.1. The van der Waals surface area contributed by atoms with Gasteiger partial charge in [0, 0.05) is 6.04 Å². The van der Waals surface area contributed by atoms with Crippen molar-refractivity contribution in [3.05, 3.63) is 34.6 Å². The molecule has 3 rings (SSSR count).